The fraction of sp³-hybridized carbons (Fsp3) is 0.192. The van der Waals surface area contributed by atoms with Crippen molar-refractivity contribution in [2.75, 3.05) is 38.2 Å². The summed E-state index contributed by atoms with van der Waals surface area (Å²) >= 11 is 0. The molecule has 162 valence electrons. The number of benzene rings is 2. The fourth-order valence-electron chi connectivity index (χ4n) is 3.61. The van der Waals surface area contributed by atoms with Crippen molar-refractivity contribution in [2.24, 2.45) is 0 Å². The molecule has 6 nitrogen and oxygen atoms in total. The third kappa shape index (κ3) is 5.21. The summed E-state index contributed by atoms with van der Waals surface area (Å²) in [6.07, 6.45) is 9.29. The highest BCUT2D eigenvalue weighted by Crippen LogP contribution is 2.20. The number of carbonyl (C=O) groups excluding carboxylic acids is 1. The number of hydrogen-bond acceptors (Lipinski definition) is 5. The minimum atomic E-state index is 0.0317. The van der Waals surface area contributed by atoms with E-state index in [1.165, 1.54) is 0 Å². The number of piperazine rings is 1. The molecule has 0 bridgehead atoms. The maximum absolute atomic E-state index is 13.4. The maximum atomic E-state index is 13.4. The van der Waals surface area contributed by atoms with Crippen LogP contribution in [-0.4, -0.2) is 54.1 Å². The lowest BCUT2D eigenvalue weighted by Gasteiger charge is -2.35. The van der Waals surface area contributed by atoms with Gasteiger partial charge in [0.2, 0.25) is 5.95 Å². The average Bonchev–Trinajstić information content (AvgIpc) is 2.88. The second-order valence-corrected chi connectivity index (χ2v) is 7.41. The van der Waals surface area contributed by atoms with Gasteiger partial charge in [0.25, 0.3) is 5.91 Å². The number of rotatable bonds is 6. The Balaban J connectivity index is 1.49. The van der Waals surface area contributed by atoms with Gasteiger partial charge in [0.05, 0.1) is 7.11 Å². The zero-order valence-corrected chi connectivity index (χ0v) is 18.1. The van der Waals surface area contributed by atoms with Crippen molar-refractivity contribution in [3.63, 3.8) is 0 Å². The van der Waals surface area contributed by atoms with Crippen LogP contribution in [0.4, 0.5) is 5.95 Å². The molecule has 1 saturated heterocycles. The molecule has 1 fully saturated rings. The fourth-order valence-corrected chi connectivity index (χ4v) is 3.61. The molecule has 0 aliphatic carbocycles. The van der Waals surface area contributed by atoms with Gasteiger partial charge >= 0.3 is 0 Å². The summed E-state index contributed by atoms with van der Waals surface area (Å²) in [5.41, 5.74) is 2.63. The highest BCUT2D eigenvalue weighted by atomic mass is 16.5. The topological polar surface area (TPSA) is 58.6 Å². The van der Waals surface area contributed by atoms with Crippen LogP contribution in [0.25, 0.3) is 11.6 Å². The van der Waals surface area contributed by atoms with Gasteiger partial charge in [-0.05, 0) is 35.4 Å². The second kappa shape index (κ2) is 10.4. The Bertz CT molecular complexity index is 1070. The Hall–Kier alpha value is -3.93. The Labute approximate surface area is 188 Å². The summed E-state index contributed by atoms with van der Waals surface area (Å²) in [6, 6.07) is 19.4. The van der Waals surface area contributed by atoms with Crippen LogP contribution in [0.1, 0.15) is 11.1 Å². The molecule has 2 heterocycles. The van der Waals surface area contributed by atoms with E-state index in [0.717, 1.165) is 16.9 Å². The number of carbonyl (C=O) groups is 1. The minimum absolute atomic E-state index is 0.0317. The van der Waals surface area contributed by atoms with Gasteiger partial charge in [-0.1, -0.05) is 54.6 Å². The molecular formula is C26H26N4O2. The van der Waals surface area contributed by atoms with Crippen LogP contribution in [0.5, 0.6) is 5.75 Å². The number of allylic oxidation sites excluding steroid dienone is 2. The average molecular weight is 427 g/mol. The first-order valence-electron chi connectivity index (χ1n) is 10.6. The summed E-state index contributed by atoms with van der Waals surface area (Å²) in [6.45, 7) is 2.67. The summed E-state index contributed by atoms with van der Waals surface area (Å²) in [5, 5.41) is 0. The molecule has 0 spiro atoms. The lowest BCUT2D eigenvalue weighted by Crippen LogP contribution is -2.49. The SMILES string of the molecule is COc1ccc(/C=C/C=C(/C(=O)N2CCN(c3ncccn3)CC2)c2ccccc2)cc1. The third-order valence-electron chi connectivity index (χ3n) is 5.38. The molecule has 2 aromatic carbocycles. The molecule has 3 aromatic rings. The first kappa shape index (κ1) is 21.3. The van der Waals surface area contributed by atoms with Crippen LogP contribution in [0.15, 0.2) is 85.2 Å². The van der Waals surface area contributed by atoms with Gasteiger partial charge in [-0.25, -0.2) is 9.97 Å². The van der Waals surface area contributed by atoms with Crippen LogP contribution in [-0.2, 0) is 4.79 Å². The Kier molecular flexibility index (Phi) is 6.92. The molecule has 0 N–H and O–H groups in total. The van der Waals surface area contributed by atoms with Gasteiger partial charge < -0.3 is 14.5 Å². The second-order valence-electron chi connectivity index (χ2n) is 7.41. The lowest BCUT2D eigenvalue weighted by molar-refractivity contribution is -0.125. The molecule has 4 rings (SSSR count). The number of aromatic nitrogens is 2. The molecule has 6 heteroatoms. The number of hydrogen-bond donors (Lipinski definition) is 0. The maximum Gasteiger partial charge on any atom is 0.254 e. The zero-order valence-electron chi connectivity index (χ0n) is 18.1. The molecule has 1 amide bonds. The van der Waals surface area contributed by atoms with Crippen molar-refractivity contribution >= 4 is 23.5 Å². The van der Waals surface area contributed by atoms with Crippen molar-refractivity contribution in [1.82, 2.24) is 14.9 Å². The van der Waals surface area contributed by atoms with Gasteiger partial charge in [0.15, 0.2) is 0 Å². The van der Waals surface area contributed by atoms with Gasteiger partial charge in [-0.15, -0.1) is 0 Å². The number of methoxy groups -OCH3 is 1. The molecule has 32 heavy (non-hydrogen) atoms. The molecule has 1 aromatic heterocycles. The number of nitrogens with zero attached hydrogens (tertiary/aromatic N) is 4. The third-order valence-corrected chi connectivity index (χ3v) is 5.38. The van der Waals surface area contributed by atoms with Gasteiger partial charge in [-0.2, -0.15) is 0 Å². The highest BCUT2D eigenvalue weighted by Gasteiger charge is 2.25. The zero-order chi connectivity index (χ0) is 22.2. The van der Waals surface area contributed by atoms with Crippen molar-refractivity contribution in [3.05, 3.63) is 96.3 Å². The van der Waals surface area contributed by atoms with Crippen LogP contribution in [0.3, 0.4) is 0 Å². The first-order chi connectivity index (χ1) is 15.7. The van der Waals surface area contributed by atoms with Crippen LogP contribution >= 0.6 is 0 Å². The highest BCUT2D eigenvalue weighted by molar-refractivity contribution is 6.19. The van der Waals surface area contributed by atoms with Gasteiger partial charge in [0.1, 0.15) is 5.75 Å². The molecule has 0 unspecified atom stereocenters. The smallest absolute Gasteiger partial charge is 0.254 e. The van der Waals surface area contributed by atoms with E-state index in [2.05, 4.69) is 14.9 Å². The summed E-state index contributed by atoms with van der Waals surface area (Å²) < 4.78 is 5.21. The summed E-state index contributed by atoms with van der Waals surface area (Å²) in [5.74, 6) is 1.56. The predicted molar refractivity (Wildman–Crippen MR) is 127 cm³/mol. The lowest BCUT2D eigenvalue weighted by atomic mass is 10.0. The minimum Gasteiger partial charge on any atom is -0.497 e. The van der Waals surface area contributed by atoms with Crippen LogP contribution in [0, 0.1) is 0 Å². The Morgan fingerprint density at radius 2 is 1.59 bits per heavy atom. The predicted octanol–water partition coefficient (Wildman–Crippen LogP) is 3.93. The van der Waals surface area contributed by atoms with Crippen molar-refractivity contribution < 1.29 is 9.53 Å². The van der Waals surface area contributed by atoms with E-state index in [1.807, 2.05) is 77.7 Å². The Morgan fingerprint density at radius 3 is 2.25 bits per heavy atom. The number of anilines is 1. The standard InChI is InChI=1S/C26H26N4O2/c1-32-23-13-11-21(12-14-23)7-5-10-24(22-8-3-2-4-9-22)25(31)29-17-19-30(20-18-29)26-27-15-6-16-28-26/h2-16H,17-20H2,1H3/b7-5+,24-10+. The quantitative estimate of drug-likeness (QED) is 0.442. The normalized spacial score (nSPS) is 14.6. The van der Waals surface area contributed by atoms with E-state index in [9.17, 15) is 4.79 Å². The number of ether oxygens (including phenoxy) is 1. The van der Waals surface area contributed by atoms with Gasteiger partial charge in [0, 0.05) is 44.1 Å². The van der Waals surface area contributed by atoms with Crippen LogP contribution < -0.4 is 9.64 Å². The Morgan fingerprint density at radius 1 is 0.906 bits per heavy atom. The van der Waals surface area contributed by atoms with Crippen LogP contribution in [0.2, 0.25) is 0 Å². The largest absolute Gasteiger partial charge is 0.497 e. The van der Waals surface area contributed by atoms with E-state index < -0.39 is 0 Å². The van der Waals surface area contributed by atoms with Gasteiger partial charge in [-0.3, -0.25) is 4.79 Å². The number of amides is 1. The van der Waals surface area contributed by atoms with Crippen molar-refractivity contribution in [2.45, 2.75) is 0 Å². The van der Waals surface area contributed by atoms with E-state index in [0.29, 0.717) is 37.7 Å². The monoisotopic (exact) mass is 426 g/mol. The molecule has 0 radical (unpaired) electrons. The first-order valence-corrected chi connectivity index (χ1v) is 10.6. The van der Waals surface area contributed by atoms with E-state index >= 15 is 0 Å². The van der Waals surface area contributed by atoms with Crippen molar-refractivity contribution in [1.29, 1.82) is 0 Å². The van der Waals surface area contributed by atoms with E-state index in [1.54, 1.807) is 25.6 Å². The molecule has 0 atom stereocenters. The molecule has 1 aliphatic heterocycles. The molecular weight excluding hydrogens is 400 g/mol. The summed E-state index contributed by atoms with van der Waals surface area (Å²) in [7, 11) is 1.65. The summed E-state index contributed by atoms with van der Waals surface area (Å²) in [4.78, 5) is 26.1. The molecule has 0 saturated carbocycles. The molecule has 1 aliphatic rings. The van der Waals surface area contributed by atoms with E-state index in [-0.39, 0.29) is 5.91 Å². The van der Waals surface area contributed by atoms with Crippen molar-refractivity contribution in [3.8, 4) is 5.75 Å². The van der Waals surface area contributed by atoms with E-state index in [4.69, 9.17) is 4.74 Å².